The molecule has 0 saturated carbocycles. The zero-order valence-corrected chi connectivity index (χ0v) is 19.3. The normalized spacial score (nSPS) is 17.6. The first kappa shape index (κ1) is 24.8. The lowest BCUT2D eigenvalue weighted by Crippen LogP contribution is -2.29. The minimum Gasteiger partial charge on any atom is -0.508 e. The number of amides is 1. The molecule has 6 nitrogen and oxygen atoms in total. The lowest BCUT2D eigenvalue weighted by Gasteiger charge is -2.25. The van der Waals surface area contributed by atoms with Gasteiger partial charge < -0.3 is 14.9 Å². The molecule has 0 aromatic heterocycles. The number of halogens is 3. The Morgan fingerprint density at radius 3 is 2.03 bits per heavy atom. The Morgan fingerprint density at radius 1 is 0.917 bits per heavy atom. The summed E-state index contributed by atoms with van der Waals surface area (Å²) < 4.78 is 44.8. The maximum atomic E-state index is 13.1. The van der Waals surface area contributed by atoms with Gasteiger partial charge in [0.2, 0.25) is 0 Å². The molecule has 1 aliphatic heterocycles. The van der Waals surface area contributed by atoms with E-state index in [0.717, 1.165) is 29.2 Å². The maximum absolute atomic E-state index is 13.1. The molecule has 186 valence electrons. The Morgan fingerprint density at radius 2 is 1.50 bits per heavy atom. The van der Waals surface area contributed by atoms with Gasteiger partial charge >= 0.3 is 6.18 Å². The van der Waals surface area contributed by atoms with E-state index < -0.39 is 35.2 Å². The molecule has 1 aliphatic rings. The number of aliphatic hydroxyl groups is 1. The van der Waals surface area contributed by atoms with Gasteiger partial charge in [-0.2, -0.15) is 13.2 Å². The molecule has 1 fully saturated rings. The molecule has 1 unspecified atom stereocenters. The number of alkyl halides is 3. The van der Waals surface area contributed by atoms with Gasteiger partial charge in [0.05, 0.1) is 23.3 Å². The highest BCUT2D eigenvalue weighted by atomic mass is 19.4. The van der Waals surface area contributed by atoms with Gasteiger partial charge in [0.25, 0.3) is 11.7 Å². The molecule has 0 radical (unpaired) electrons. The minimum atomic E-state index is -4.57. The molecule has 1 saturated heterocycles. The fraction of sp³-hybridized carbons (Fsp3) is 0.185. The molecule has 4 rings (SSSR count). The number of aromatic hydroxyl groups is 1. The third-order valence-corrected chi connectivity index (χ3v) is 5.63. The third kappa shape index (κ3) is 4.77. The number of phenols is 1. The highest BCUT2D eigenvalue weighted by Crippen LogP contribution is 2.43. The number of aliphatic hydroxyl groups excluding tert-OH is 1. The predicted octanol–water partition coefficient (Wildman–Crippen LogP) is 5.82. The SMILES string of the molecule is CC(C)Oc1ccc(/C(O)=C2\C(=O)C(=O)N(c3ccc(C(F)(F)F)cc3)C2c2ccc(O)cc2)cc1. The molecular formula is C27H22F3NO5. The monoisotopic (exact) mass is 497 g/mol. The number of carbonyl (C=O) groups is 2. The first-order valence-corrected chi connectivity index (χ1v) is 11.0. The van der Waals surface area contributed by atoms with Crippen LogP contribution in [0.4, 0.5) is 18.9 Å². The number of ether oxygens (including phenoxy) is 1. The Kier molecular flexibility index (Phi) is 6.49. The second kappa shape index (κ2) is 9.41. The fourth-order valence-corrected chi connectivity index (χ4v) is 4.00. The quantitative estimate of drug-likeness (QED) is 0.263. The molecule has 3 aromatic rings. The standard InChI is InChI=1S/C27H22F3NO5/c1-15(2)36-21-13-5-17(6-14-21)24(33)22-23(16-3-11-20(32)12-4-16)31(26(35)25(22)34)19-9-7-18(8-10-19)27(28,29)30/h3-15,23,32-33H,1-2H3/b24-22+. The van der Waals surface area contributed by atoms with Gasteiger partial charge in [-0.3, -0.25) is 14.5 Å². The summed E-state index contributed by atoms with van der Waals surface area (Å²) in [6.45, 7) is 3.71. The Hall–Kier alpha value is -4.27. The highest BCUT2D eigenvalue weighted by Gasteiger charge is 2.47. The van der Waals surface area contributed by atoms with Crippen LogP contribution in [0.2, 0.25) is 0 Å². The average Bonchev–Trinajstić information content (AvgIpc) is 3.09. The minimum absolute atomic E-state index is 0.0444. The molecule has 1 heterocycles. The summed E-state index contributed by atoms with van der Waals surface area (Å²) in [5.74, 6) is -1.97. The summed E-state index contributed by atoms with van der Waals surface area (Å²) in [7, 11) is 0. The molecule has 0 aliphatic carbocycles. The summed E-state index contributed by atoms with van der Waals surface area (Å²) >= 11 is 0. The number of anilines is 1. The Bertz CT molecular complexity index is 1310. The lowest BCUT2D eigenvalue weighted by atomic mass is 9.95. The molecule has 2 N–H and O–H groups in total. The number of ketones is 1. The topological polar surface area (TPSA) is 87.1 Å². The summed E-state index contributed by atoms with van der Waals surface area (Å²) in [4.78, 5) is 27.3. The molecule has 0 spiro atoms. The summed E-state index contributed by atoms with van der Waals surface area (Å²) in [5, 5.41) is 20.8. The van der Waals surface area contributed by atoms with Crippen LogP contribution >= 0.6 is 0 Å². The van der Waals surface area contributed by atoms with Crippen molar-refractivity contribution in [1.29, 1.82) is 0 Å². The van der Waals surface area contributed by atoms with Crippen molar-refractivity contribution in [3.8, 4) is 11.5 Å². The first-order chi connectivity index (χ1) is 17.0. The van der Waals surface area contributed by atoms with Crippen molar-refractivity contribution in [2.24, 2.45) is 0 Å². The number of hydrogen-bond acceptors (Lipinski definition) is 5. The van der Waals surface area contributed by atoms with Crippen LogP contribution in [0, 0.1) is 0 Å². The van der Waals surface area contributed by atoms with Crippen LogP contribution in [0.1, 0.15) is 36.6 Å². The van der Waals surface area contributed by atoms with Gasteiger partial charge in [-0.25, -0.2) is 0 Å². The van der Waals surface area contributed by atoms with E-state index in [1.54, 1.807) is 12.1 Å². The van der Waals surface area contributed by atoms with E-state index in [0.29, 0.717) is 11.3 Å². The summed E-state index contributed by atoms with van der Waals surface area (Å²) in [5.41, 5.74) is -0.479. The van der Waals surface area contributed by atoms with Crippen molar-refractivity contribution >= 4 is 23.1 Å². The smallest absolute Gasteiger partial charge is 0.416 e. The van der Waals surface area contributed by atoms with E-state index in [9.17, 15) is 33.0 Å². The fourth-order valence-electron chi connectivity index (χ4n) is 4.00. The molecular weight excluding hydrogens is 475 g/mol. The molecule has 1 atom stereocenters. The Labute approximate surface area is 204 Å². The van der Waals surface area contributed by atoms with Crippen molar-refractivity contribution in [2.75, 3.05) is 4.90 Å². The van der Waals surface area contributed by atoms with Gasteiger partial charge in [0.15, 0.2) is 0 Å². The first-order valence-electron chi connectivity index (χ1n) is 11.0. The van der Waals surface area contributed by atoms with Crippen LogP contribution < -0.4 is 9.64 Å². The largest absolute Gasteiger partial charge is 0.508 e. The number of nitrogens with zero attached hydrogens (tertiary/aromatic N) is 1. The van der Waals surface area contributed by atoms with Crippen LogP contribution in [-0.4, -0.2) is 28.0 Å². The molecule has 1 amide bonds. The van der Waals surface area contributed by atoms with Crippen molar-refractivity contribution in [1.82, 2.24) is 0 Å². The van der Waals surface area contributed by atoms with Gasteiger partial charge in [-0.05, 0) is 80.1 Å². The van der Waals surface area contributed by atoms with Gasteiger partial charge in [-0.15, -0.1) is 0 Å². The van der Waals surface area contributed by atoms with Gasteiger partial charge in [0.1, 0.15) is 17.3 Å². The van der Waals surface area contributed by atoms with Crippen molar-refractivity contribution in [3.63, 3.8) is 0 Å². The number of phenolic OH excluding ortho intramolecular Hbond substituents is 1. The van der Waals surface area contributed by atoms with E-state index in [1.165, 1.54) is 36.4 Å². The number of carbonyl (C=O) groups excluding carboxylic acids is 2. The predicted molar refractivity (Wildman–Crippen MR) is 127 cm³/mol. The highest BCUT2D eigenvalue weighted by molar-refractivity contribution is 6.51. The average molecular weight is 497 g/mol. The van der Waals surface area contributed by atoms with Crippen molar-refractivity contribution < 1.29 is 37.7 Å². The third-order valence-electron chi connectivity index (χ3n) is 5.63. The number of rotatable bonds is 5. The molecule has 3 aromatic carbocycles. The molecule has 0 bridgehead atoms. The van der Waals surface area contributed by atoms with E-state index in [4.69, 9.17) is 4.74 Å². The van der Waals surface area contributed by atoms with Crippen molar-refractivity contribution in [2.45, 2.75) is 32.2 Å². The zero-order valence-electron chi connectivity index (χ0n) is 19.3. The summed E-state index contributed by atoms with van der Waals surface area (Å²) in [6.07, 6.45) is -4.65. The lowest BCUT2D eigenvalue weighted by molar-refractivity contribution is -0.137. The van der Waals surface area contributed by atoms with Crippen LogP contribution in [-0.2, 0) is 15.8 Å². The second-order valence-corrected chi connectivity index (χ2v) is 8.50. The van der Waals surface area contributed by atoms with E-state index >= 15 is 0 Å². The van der Waals surface area contributed by atoms with Crippen molar-refractivity contribution in [3.05, 3.63) is 95.1 Å². The Balaban J connectivity index is 1.84. The van der Waals surface area contributed by atoms with Crippen LogP contribution in [0.15, 0.2) is 78.4 Å². The maximum Gasteiger partial charge on any atom is 0.416 e. The van der Waals surface area contributed by atoms with Gasteiger partial charge in [-0.1, -0.05) is 12.1 Å². The van der Waals surface area contributed by atoms with Crippen LogP contribution in [0.25, 0.3) is 5.76 Å². The van der Waals surface area contributed by atoms with E-state index in [2.05, 4.69) is 0 Å². The number of benzene rings is 3. The van der Waals surface area contributed by atoms with Crippen LogP contribution in [0.3, 0.4) is 0 Å². The number of Topliss-reactive ketones (excluding diaryl/α,β-unsaturated/α-hetero) is 1. The van der Waals surface area contributed by atoms with Gasteiger partial charge in [0, 0.05) is 11.3 Å². The molecule has 9 heteroatoms. The van der Waals surface area contributed by atoms with E-state index in [1.807, 2.05) is 13.8 Å². The molecule has 36 heavy (non-hydrogen) atoms. The van der Waals surface area contributed by atoms with Crippen LogP contribution in [0.5, 0.6) is 11.5 Å². The number of hydrogen-bond donors (Lipinski definition) is 2. The second-order valence-electron chi connectivity index (χ2n) is 8.50. The summed E-state index contributed by atoms with van der Waals surface area (Å²) in [6, 6.07) is 14.6. The van der Waals surface area contributed by atoms with E-state index in [-0.39, 0.29) is 28.7 Å². The zero-order chi connectivity index (χ0) is 26.2.